The molecule has 2 rings (SSSR count). The summed E-state index contributed by atoms with van der Waals surface area (Å²) in [6.45, 7) is 1.98. The van der Waals surface area contributed by atoms with Crippen LogP contribution in [0.2, 0.25) is 0 Å². The summed E-state index contributed by atoms with van der Waals surface area (Å²) in [5.41, 5.74) is 6.50. The molecule has 8 heteroatoms. The SMILES string of the molecule is COc1cccc(C(=O)NCCNC(=O)C(N)C2CCOCC2)c1.Cl. The predicted molar refractivity (Wildman–Crippen MR) is 97.1 cm³/mol. The molecule has 140 valence electrons. The quantitative estimate of drug-likeness (QED) is 0.613. The average molecular weight is 372 g/mol. The van der Waals surface area contributed by atoms with Crippen LogP contribution in [0.25, 0.3) is 0 Å². The molecule has 1 atom stereocenters. The second-order valence-electron chi connectivity index (χ2n) is 5.75. The van der Waals surface area contributed by atoms with E-state index in [2.05, 4.69) is 10.6 Å². The Morgan fingerprint density at radius 1 is 1.28 bits per heavy atom. The molecule has 7 nitrogen and oxygen atoms in total. The van der Waals surface area contributed by atoms with Gasteiger partial charge in [0.05, 0.1) is 13.2 Å². The highest BCUT2D eigenvalue weighted by atomic mass is 35.5. The summed E-state index contributed by atoms with van der Waals surface area (Å²) in [4.78, 5) is 24.1. The predicted octanol–water partition coefficient (Wildman–Crippen LogP) is 0.717. The Labute approximate surface area is 154 Å². The van der Waals surface area contributed by atoms with Crippen LogP contribution in [0.3, 0.4) is 0 Å². The van der Waals surface area contributed by atoms with Crippen molar-refractivity contribution in [2.24, 2.45) is 11.7 Å². The zero-order chi connectivity index (χ0) is 17.4. The number of nitrogens with one attached hydrogen (secondary N) is 2. The number of hydrogen-bond acceptors (Lipinski definition) is 5. The molecule has 0 spiro atoms. The smallest absolute Gasteiger partial charge is 0.251 e. The van der Waals surface area contributed by atoms with E-state index in [1.54, 1.807) is 31.4 Å². The van der Waals surface area contributed by atoms with Crippen molar-refractivity contribution in [1.82, 2.24) is 10.6 Å². The van der Waals surface area contributed by atoms with Crippen LogP contribution < -0.4 is 21.1 Å². The van der Waals surface area contributed by atoms with E-state index in [4.69, 9.17) is 15.2 Å². The third-order valence-corrected chi connectivity index (χ3v) is 4.12. The fourth-order valence-electron chi connectivity index (χ4n) is 2.63. The molecule has 25 heavy (non-hydrogen) atoms. The molecule has 1 aliphatic heterocycles. The molecule has 1 heterocycles. The van der Waals surface area contributed by atoms with Gasteiger partial charge in [-0.2, -0.15) is 0 Å². The van der Waals surface area contributed by atoms with Crippen LogP contribution in [0.5, 0.6) is 5.75 Å². The van der Waals surface area contributed by atoms with Crippen molar-refractivity contribution >= 4 is 24.2 Å². The van der Waals surface area contributed by atoms with E-state index in [0.717, 1.165) is 12.8 Å². The second kappa shape index (κ2) is 10.9. The minimum absolute atomic E-state index is 0. The van der Waals surface area contributed by atoms with Crippen molar-refractivity contribution in [3.63, 3.8) is 0 Å². The van der Waals surface area contributed by atoms with Gasteiger partial charge in [0.25, 0.3) is 5.91 Å². The van der Waals surface area contributed by atoms with Crippen LogP contribution in [0, 0.1) is 5.92 Å². The molecule has 0 aromatic heterocycles. The summed E-state index contributed by atoms with van der Waals surface area (Å²) in [6, 6.07) is 6.37. The molecule has 1 aromatic carbocycles. The highest BCUT2D eigenvalue weighted by Gasteiger charge is 2.26. The topological polar surface area (TPSA) is 103 Å². The van der Waals surface area contributed by atoms with Gasteiger partial charge in [-0.1, -0.05) is 6.07 Å². The minimum Gasteiger partial charge on any atom is -0.497 e. The first-order chi connectivity index (χ1) is 11.6. The van der Waals surface area contributed by atoms with Gasteiger partial charge in [-0.25, -0.2) is 0 Å². The zero-order valence-electron chi connectivity index (χ0n) is 14.3. The number of carbonyl (C=O) groups is 2. The van der Waals surface area contributed by atoms with E-state index in [-0.39, 0.29) is 30.1 Å². The van der Waals surface area contributed by atoms with Crippen molar-refractivity contribution in [2.75, 3.05) is 33.4 Å². The van der Waals surface area contributed by atoms with Gasteiger partial charge in [0.2, 0.25) is 5.91 Å². The normalized spacial score (nSPS) is 15.6. The highest BCUT2D eigenvalue weighted by molar-refractivity contribution is 5.94. The van der Waals surface area contributed by atoms with Crippen LogP contribution in [0.4, 0.5) is 0 Å². The molecule has 1 aromatic rings. The first-order valence-corrected chi connectivity index (χ1v) is 8.15. The Morgan fingerprint density at radius 2 is 1.96 bits per heavy atom. The van der Waals surface area contributed by atoms with Crippen molar-refractivity contribution in [3.8, 4) is 5.75 Å². The lowest BCUT2D eigenvalue weighted by Gasteiger charge is -2.26. The number of ether oxygens (including phenoxy) is 2. The first kappa shape index (κ1) is 21.2. The molecule has 0 saturated carbocycles. The number of halogens is 1. The molecule has 0 aliphatic carbocycles. The average Bonchev–Trinajstić information content (AvgIpc) is 2.65. The van der Waals surface area contributed by atoms with Gasteiger partial charge in [0.1, 0.15) is 5.75 Å². The Bertz CT molecular complexity index is 565. The maximum absolute atomic E-state index is 12.0. The number of amides is 2. The lowest BCUT2D eigenvalue weighted by atomic mass is 9.92. The van der Waals surface area contributed by atoms with E-state index < -0.39 is 6.04 Å². The van der Waals surface area contributed by atoms with Crippen LogP contribution in [0.1, 0.15) is 23.2 Å². The lowest BCUT2D eigenvalue weighted by Crippen LogP contribution is -2.48. The van der Waals surface area contributed by atoms with Gasteiger partial charge in [-0.05, 0) is 37.0 Å². The number of rotatable bonds is 7. The lowest BCUT2D eigenvalue weighted by molar-refractivity contribution is -0.124. The fourth-order valence-corrected chi connectivity index (χ4v) is 2.63. The third-order valence-electron chi connectivity index (χ3n) is 4.12. The maximum atomic E-state index is 12.0. The molecular formula is C17H26ClN3O4. The van der Waals surface area contributed by atoms with Crippen molar-refractivity contribution in [1.29, 1.82) is 0 Å². The van der Waals surface area contributed by atoms with E-state index >= 15 is 0 Å². The van der Waals surface area contributed by atoms with Crippen LogP contribution in [0.15, 0.2) is 24.3 Å². The summed E-state index contributed by atoms with van der Waals surface area (Å²) in [5, 5.41) is 5.52. The molecular weight excluding hydrogens is 346 g/mol. The Hall–Kier alpha value is -1.83. The molecule has 1 unspecified atom stereocenters. The van der Waals surface area contributed by atoms with Gasteiger partial charge in [-0.15, -0.1) is 12.4 Å². The molecule has 1 aliphatic rings. The third kappa shape index (κ3) is 6.53. The Kier molecular flexibility index (Phi) is 9.26. The van der Waals surface area contributed by atoms with Crippen molar-refractivity contribution in [3.05, 3.63) is 29.8 Å². The summed E-state index contributed by atoms with van der Waals surface area (Å²) in [7, 11) is 1.55. The van der Waals surface area contributed by atoms with Gasteiger partial charge in [-0.3, -0.25) is 9.59 Å². The van der Waals surface area contributed by atoms with Crippen LogP contribution in [-0.2, 0) is 9.53 Å². The summed E-state index contributed by atoms with van der Waals surface area (Å²) in [6.07, 6.45) is 1.61. The maximum Gasteiger partial charge on any atom is 0.251 e. The number of carbonyl (C=O) groups excluding carboxylic acids is 2. The Morgan fingerprint density at radius 3 is 2.64 bits per heavy atom. The van der Waals surface area contributed by atoms with E-state index in [9.17, 15) is 9.59 Å². The molecule has 1 fully saturated rings. The number of methoxy groups -OCH3 is 1. The molecule has 2 amide bonds. The molecule has 0 bridgehead atoms. The van der Waals surface area contributed by atoms with E-state index in [1.165, 1.54) is 0 Å². The summed E-state index contributed by atoms with van der Waals surface area (Å²) >= 11 is 0. The van der Waals surface area contributed by atoms with Crippen LogP contribution >= 0.6 is 12.4 Å². The number of hydrogen-bond donors (Lipinski definition) is 3. The van der Waals surface area contributed by atoms with Crippen LogP contribution in [-0.4, -0.2) is 51.3 Å². The zero-order valence-corrected chi connectivity index (χ0v) is 15.1. The second-order valence-corrected chi connectivity index (χ2v) is 5.75. The minimum atomic E-state index is -0.525. The number of benzene rings is 1. The largest absolute Gasteiger partial charge is 0.497 e. The Balaban J connectivity index is 0.00000312. The molecule has 1 saturated heterocycles. The monoisotopic (exact) mass is 371 g/mol. The van der Waals surface area contributed by atoms with Gasteiger partial charge < -0.3 is 25.8 Å². The van der Waals surface area contributed by atoms with E-state index in [1.807, 2.05) is 0 Å². The molecule has 0 radical (unpaired) electrons. The standard InChI is InChI=1S/C17H25N3O4.ClH/c1-23-14-4-2-3-13(11-14)16(21)19-7-8-20-17(22)15(18)12-5-9-24-10-6-12;/h2-4,11-12,15H,5-10,18H2,1H3,(H,19,21)(H,20,22);1H. The van der Waals surface area contributed by atoms with Gasteiger partial charge in [0, 0.05) is 31.9 Å². The summed E-state index contributed by atoms with van der Waals surface area (Å²) < 4.78 is 10.4. The van der Waals surface area contributed by atoms with E-state index in [0.29, 0.717) is 37.6 Å². The van der Waals surface area contributed by atoms with Crippen molar-refractivity contribution in [2.45, 2.75) is 18.9 Å². The highest BCUT2D eigenvalue weighted by Crippen LogP contribution is 2.17. The first-order valence-electron chi connectivity index (χ1n) is 8.15. The molecule has 4 N–H and O–H groups in total. The van der Waals surface area contributed by atoms with Gasteiger partial charge in [0.15, 0.2) is 0 Å². The number of nitrogens with two attached hydrogens (primary N) is 1. The fraction of sp³-hybridized carbons (Fsp3) is 0.529. The van der Waals surface area contributed by atoms with Crippen molar-refractivity contribution < 1.29 is 19.1 Å². The summed E-state index contributed by atoms with van der Waals surface area (Å²) in [5.74, 6) is 0.387. The van der Waals surface area contributed by atoms with Gasteiger partial charge >= 0.3 is 0 Å².